The van der Waals surface area contributed by atoms with Gasteiger partial charge in [-0.25, -0.2) is 4.98 Å². The van der Waals surface area contributed by atoms with E-state index in [0.717, 1.165) is 25.7 Å². The molecular formula is C19H26N4. The van der Waals surface area contributed by atoms with E-state index in [0.29, 0.717) is 6.04 Å². The third-order valence-corrected chi connectivity index (χ3v) is 5.15. The summed E-state index contributed by atoms with van der Waals surface area (Å²) in [6.07, 6.45) is 9.08. The zero-order valence-electron chi connectivity index (χ0n) is 13.9. The van der Waals surface area contributed by atoms with Gasteiger partial charge in [-0.2, -0.15) is 0 Å². The Balaban J connectivity index is 1.28. The third-order valence-electron chi connectivity index (χ3n) is 5.15. The molecule has 0 bridgehead atoms. The average Bonchev–Trinajstić information content (AvgIpc) is 3.32. The Morgan fingerprint density at radius 2 is 1.83 bits per heavy atom. The van der Waals surface area contributed by atoms with Crippen LogP contribution < -0.4 is 10.2 Å². The van der Waals surface area contributed by atoms with Crippen molar-refractivity contribution in [2.75, 3.05) is 18.0 Å². The summed E-state index contributed by atoms with van der Waals surface area (Å²) in [5.74, 6) is 0. The maximum absolute atomic E-state index is 4.32. The predicted molar refractivity (Wildman–Crippen MR) is 93.8 cm³/mol. The monoisotopic (exact) mass is 310 g/mol. The van der Waals surface area contributed by atoms with Crippen molar-refractivity contribution in [2.45, 2.75) is 51.2 Å². The highest BCUT2D eigenvalue weighted by molar-refractivity contribution is 5.47. The molecule has 1 saturated heterocycles. The van der Waals surface area contributed by atoms with E-state index < -0.39 is 0 Å². The molecule has 2 fully saturated rings. The van der Waals surface area contributed by atoms with Gasteiger partial charge in [0.1, 0.15) is 0 Å². The van der Waals surface area contributed by atoms with Crippen molar-refractivity contribution in [3.63, 3.8) is 0 Å². The number of hydrogen-bond acceptors (Lipinski definition) is 3. The summed E-state index contributed by atoms with van der Waals surface area (Å²) in [6.45, 7) is 5.38. The van der Waals surface area contributed by atoms with Crippen molar-refractivity contribution in [1.29, 1.82) is 0 Å². The summed E-state index contributed by atoms with van der Waals surface area (Å²) in [6, 6.07) is 10.3. The zero-order valence-corrected chi connectivity index (χ0v) is 13.9. The van der Waals surface area contributed by atoms with Crippen LogP contribution >= 0.6 is 0 Å². The molecule has 2 aliphatic rings. The van der Waals surface area contributed by atoms with Gasteiger partial charge in [-0.1, -0.05) is 17.7 Å². The third kappa shape index (κ3) is 3.42. The minimum Gasteiger partial charge on any atom is -0.371 e. The van der Waals surface area contributed by atoms with E-state index in [1.54, 1.807) is 0 Å². The Kier molecular flexibility index (Phi) is 4.08. The average molecular weight is 310 g/mol. The lowest BCUT2D eigenvalue weighted by molar-refractivity contribution is 0.408. The number of hydrogen-bond donors (Lipinski definition) is 1. The smallest absolute Gasteiger partial charge is 0.0951 e. The molecular weight excluding hydrogens is 284 g/mol. The van der Waals surface area contributed by atoms with Crippen LogP contribution in [0.3, 0.4) is 0 Å². The number of aryl methyl sites for hydroxylation is 1. The van der Waals surface area contributed by atoms with Crippen LogP contribution in [0.5, 0.6) is 0 Å². The van der Waals surface area contributed by atoms with E-state index in [2.05, 4.69) is 51.0 Å². The molecule has 4 rings (SSSR count). The number of imidazole rings is 1. The van der Waals surface area contributed by atoms with Gasteiger partial charge in [0, 0.05) is 43.6 Å². The first-order valence-electron chi connectivity index (χ1n) is 8.85. The molecule has 1 aromatic carbocycles. The molecule has 1 N–H and O–H groups in total. The van der Waals surface area contributed by atoms with Gasteiger partial charge in [-0.05, 0) is 44.7 Å². The fraction of sp³-hybridized carbons (Fsp3) is 0.526. The van der Waals surface area contributed by atoms with E-state index in [-0.39, 0.29) is 0 Å². The molecule has 1 aliphatic heterocycles. The van der Waals surface area contributed by atoms with Gasteiger partial charge < -0.3 is 14.8 Å². The number of aromatic nitrogens is 2. The number of piperidine rings is 1. The number of nitrogens with one attached hydrogen (secondary N) is 1. The number of rotatable bonds is 5. The highest BCUT2D eigenvalue weighted by Crippen LogP contribution is 2.35. The Hall–Kier alpha value is -1.81. The van der Waals surface area contributed by atoms with Crippen LogP contribution in [0.2, 0.25) is 0 Å². The van der Waals surface area contributed by atoms with E-state index in [1.165, 1.54) is 42.6 Å². The molecule has 2 heterocycles. The van der Waals surface area contributed by atoms with Gasteiger partial charge in [-0.15, -0.1) is 0 Å². The fourth-order valence-corrected chi connectivity index (χ4v) is 3.50. The molecule has 2 aromatic rings. The maximum atomic E-state index is 4.32. The number of nitrogens with zero attached hydrogens (tertiary/aromatic N) is 3. The molecule has 1 aliphatic carbocycles. The second-order valence-electron chi connectivity index (χ2n) is 7.00. The Morgan fingerprint density at radius 3 is 2.52 bits per heavy atom. The predicted octanol–water partition coefficient (Wildman–Crippen LogP) is 3.29. The summed E-state index contributed by atoms with van der Waals surface area (Å²) in [7, 11) is 0. The SMILES string of the molecule is Cc1ccc(N2CCC(NCc3cncn3C3CC3)CC2)cc1. The standard InChI is InChI=1S/C19H26N4/c1-15-2-4-17(5-3-15)22-10-8-16(9-11-22)21-13-19-12-20-14-23(19)18-6-7-18/h2-5,12,14,16,18,21H,6-11,13H2,1H3. The summed E-state index contributed by atoms with van der Waals surface area (Å²) in [5, 5.41) is 3.74. The van der Waals surface area contributed by atoms with Gasteiger partial charge in [0.15, 0.2) is 0 Å². The fourth-order valence-electron chi connectivity index (χ4n) is 3.50. The van der Waals surface area contributed by atoms with Crippen LogP contribution in [0.15, 0.2) is 36.8 Å². The van der Waals surface area contributed by atoms with Crippen LogP contribution in [0.4, 0.5) is 5.69 Å². The van der Waals surface area contributed by atoms with Crippen LogP contribution in [0.1, 0.15) is 43.0 Å². The second-order valence-corrected chi connectivity index (χ2v) is 7.00. The minimum absolute atomic E-state index is 0.624. The van der Waals surface area contributed by atoms with Crippen LogP contribution in [0.25, 0.3) is 0 Å². The Bertz CT molecular complexity index is 634. The maximum Gasteiger partial charge on any atom is 0.0951 e. The highest BCUT2D eigenvalue weighted by Gasteiger charge is 2.25. The molecule has 122 valence electrons. The molecule has 0 radical (unpaired) electrons. The summed E-state index contributed by atoms with van der Waals surface area (Å²) in [4.78, 5) is 6.83. The van der Waals surface area contributed by atoms with E-state index in [1.807, 2.05) is 12.5 Å². The molecule has 4 nitrogen and oxygen atoms in total. The lowest BCUT2D eigenvalue weighted by Gasteiger charge is -2.34. The number of benzene rings is 1. The van der Waals surface area contributed by atoms with Crippen molar-refractivity contribution >= 4 is 5.69 Å². The van der Waals surface area contributed by atoms with E-state index in [4.69, 9.17) is 0 Å². The summed E-state index contributed by atoms with van der Waals surface area (Å²) in [5.41, 5.74) is 4.03. The second kappa shape index (κ2) is 6.36. The molecule has 1 aromatic heterocycles. The first-order valence-corrected chi connectivity index (χ1v) is 8.85. The quantitative estimate of drug-likeness (QED) is 0.920. The van der Waals surface area contributed by atoms with Crippen molar-refractivity contribution in [3.8, 4) is 0 Å². The highest BCUT2D eigenvalue weighted by atomic mass is 15.2. The van der Waals surface area contributed by atoms with Gasteiger partial charge in [0.05, 0.1) is 12.0 Å². The zero-order chi connectivity index (χ0) is 15.6. The Labute approximate surface area is 138 Å². The van der Waals surface area contributed by atoms with Crippen LogP contribution in [-0.4, -0.2) is 28.7 Å². The molecule has 23 heavy (non-hydrogen) atoms. The van der Waals surface area contributed by atoms with Gasteiger partial charge in [-0.3, -0.25) is 0 Å². The lowest BCUT2D eigenvalue weighted by Crippen LogP contribution is -2.42. The van der Waals surface area contributed by atoms with E-state index >= 15 is 0 Å². The minimum atomic E-state index is 0.624. The summed E-state index contributed by atoms with van der Waals surface area (Å²) < 4.78 is 2.36. The van der Waals surface area contributed by atoms with Gasteiger partial charge in [0.2, 0.25) is 0 Å². The molecule has 0 atom stereocenters. The first-order chi connectivity index (χ1) is 11.3. The van der Waals surface area contributed by atoms with Gasteiger partial charge >= 0.3 is 0 Å². The van der Waals surface area contributed by atoms with E-state index in [9.17, 15) is 0 Å². The topological polar surface area (TPSA) is 33.1 Å². The van der Waals surface area contributed by atoms with Crippen molar-refractivity contribution in [1.82, 2.24) is 14.9 Å². The molecule has 0 amide bonds. The largest absolute Gasteiger partial charge is 0.371 e. The summed E-state index contributed by atoms with van der Waals surface area (Å²) >= 11 is 0. The number of anilines is 1. The molecule has 4 heteroatoms. The molecule has 0 spiro atoms. The van der Waals surface area contributed by atoms with Crippen molar-refractivity contribution in [3.05, 3.63) is 48.0 Å². The van der Waals surface area contributed by atoms with Crippen molar-refractivity contribution in [2.24, 2.45) is 0 Å². The molecule has 1 saturated carbocycles. The van der Waals surface area contributed by atoms with Crippen molar-refractivity contribution < 1.29 is 0 Å². The van der Waals surface area contributed by atoms with Gasteiger partial charge in [0.25, 0.3) is 0 Å². The lowest BCUT2D eigenvalue weighted by atomic mass is 10.0. The first kappa shape index (κ1) is 14.8. The Morgan fingerprint density at radius 1 is 1.09 bits per heavy atom. The van der Waals surface area contributed by atoms with Crippen LogP contribution in [0, 0.1) is 6.92 Å². The normalized spacial score (nSPS) is 19.3. The molecule has 0 unspecified atom stereocenters. The van der Waals surface area contributed by atoms with Crippen LogP contribution in [-0.2, 0) is 6.54 Å².